The number of furan rings is 1. The first kappa shape index (κ1) is 20.9. The fraction of sp³-hybridized carbons (Fsp3) is 0.150. The first-order valence-electron chi connectivity index (χ1n) is 8.69. The monoisotopic (exact) mass is 434 g/mol. The molecule has 1 unspecified atom stereocenters. The summed E-state index contributed by atoms with van der Waals surface area (Å²) < 4.78 is 37.8. The molecule has 2 aromatic carbocycles. The van der Waals surface area contributed by atoms with Gasteiger partial charge in [0.2, 0.25) is 10.0 Å². The van der Waals surface area contributed by atoms with E-state index in [4.69, 9.17) is 20.8 Å². The van der Waals surface area contributed by atoms with E-state index < -0.39 is 22.0 Å². The number of rotatable bonds is 8. The topological polar surface area (TPSA) is 97.6 Å². The maximum Gasteiger partial charge on any atom is 0.265 e. The number of halogens is 1. The largest absolute Gasteiger partial charge is 0.479 e. The minimum Gasteiger partial charge on any atom is -0.479 e. The summed E-state index contributed by atoms with van der Waals surface area (Å²) >= 11 is 6.03. The van der Waals surface area contributed by atoms with E-state index in [0.29, 0.717) is 22.2 Å². The molecule has 1 atom stereocenters. The number of nitrogens with one attached hydrogen (secondary N) is 2. The van der Waals surface area contributed by atoms with Gasteiger partial charge in [0.1, 0.15) is 11.5 Å². The molecule has 0 aliphatic carbocycles. The number of para-hydroxylation sites is 1. The fourth-order valence-corrected chi connectivity index (χ4v) is 3.58. The Bertz CT molecular complexity index is 1070. The molecule has 0 spiro atoms. The molecule has 1 heterocycles. The second-order valence-corrected chi connectivity index (χ2v) is 8.28. The molecule has 0 radical (unpaired) electrons. The van der Waals surface area contributed by atoms with E-state index in [-0.39, 0.29) is 11.4 Å². The lowest BCUT2D eigenvalue weighted by molar-refractivity contribution is -0.122. The van der Waals surface area contributed by atoms with Crippen LogP contribution in [-0.4, -0.2) is 20.4 Å². The van der Waals surface area contributed by atoms with Crippen LogP contribution in [0.3, 0.4) is 0 Å². The molecule has 7 nitrogen and oxygen atoms in total. The zero-order valence-corrected chi connectivity index (χ0v) is 17.0. The molecule has 1 amide bonds. The quantitative estimate of drug-likeness (QED) is 0.561. The molecule has 0 saturated heterocycles. The van der Waals surface area contributed by atoms with Crippen LogP contribution in [0.1, 0.15) is 12.7 Å². The Labute approximate surface area is 173 Å². The van der Waals surface area contributed by atoms with Crippen LogP contribution < -0.4 is 14.8 Å². The van der Waals surface area contributed by atoms with Crippen LogP contribution in [0.2, 0.25) is 5.02 Å². The van der Waals surface area contributed by atoms with E-state index in [1.165, 1.54) is 30.5 Å². The highest BCUT2D eigenvalue weighted by Crippen LogP contribution is 2.24. The van der Waals surface area contributed by atoms with E-state index in [1.54, 1.807) is 43.3 Å². The van der Waals surface area contributed by atoms with Gasteiger partial charge in [-0.1, -0.05) is 23.7 Å². The zero-order valence-electron chi connectivity index (χ0n) is 15.5. The first-order chi connectivity index (χ1) is 13.8. The third-order valence-electron chi connectivity index (χ3n) is 3.96. The molecule has 9 heteroatoms. The Morgan fingerprint density at radius 3 is 2.48 bits per heavy atom. The standard InChI is InChI=1S/C20H19ClN2O5S/c1-14(28-19-7-3-2-6-18(19)21)20(24)23-15-8-10-17(11-9-15)29(25,26)22-13-16-5-4-12-27-16/h2-12,14,22H,13H2,1H3,(H,23,24). The summed E-state index contributed by atoms with van der Waals surface area (Å²) in [4.78, 5) is 12.4. The summed E-state index contributed by atoms with van der Waals surface area (Å²) in [6, 6.07) is 16.0. The molecule has 3 aromatic rings. The van der Waals surface area contributed by atoms with Crippen molar-refractivity contribution in [1.82, 2.24) is 4.72 Å². The number of benzene rings is 2. The lowest BCUT2D eigenvalue weighted by atomic mass is 10.3. The second-order valence-electron chi connectivity index (χ2n) is 6.11. The number of amides is 1. The summed E-state index contributed by atoms with van der Waals surface area (Å²) in [7, 11) is -3.71. The molecular weight excluding hydrogens is 416 g/mol. The smallest absolute Gasteiger partial charge is 0.265 e. The second kappa shape index (κ2) is 9.13. The van der Waals surface area contributed by atoms with Crippen LogP contribution in [-0.2, 0) is 21.4 Å². The SMILES string of the molecule is CC(Oc1ccccc1Cl)C(=O)Nc1ccc(S(=O)(=O)NCc2ccco2)cc1. The van der Waals surface area contributed by atoms with Gasteiger partial charge in [0.25, 0.3) is 5.91 Å². The molecule has 152 valence electrons. The molecule has 1 aromatic heterocycles. The van der Waals surface area contributed by atoms with Gasteiger partial charge < -0.3 is 14.5 Å². The molecule has 0 aliphatic rings. The van der Waals surface area contributed by atoms with E-state index in [0.717, 1.165) is 0 Å². The molecule has 0 fully saturated rings. The predicted octanol–water partition coefficient (Wildman–Crippen LogP) is 3.82. The Morgan fingerprint density at radius 1 is 1.10 bits per heavy atom. The van der Waals surface area contributed by atoms with Crippen LogP contribution in [0.5, 0.6) is 5.75 Å². The van der Waals surface area contributed by atoms with Crippen molar-refractivity contribution >= 4 is 33.2 Å². The minimum absolute atomic E-state index is 0.0463. The Balaban J connectivity index is 1.59. The summed E-state index contributed by atoms with van der Waals surface area (Å²) in [6.07, 6.45) is 0.672. The van der Waals surface area contributed by atoms with Crippen LogP contribution >= 0.6 is 11.6 Å². The van der Waals surface area contributed by atoms with Crippen molar-refractivity contribution in [2.75, 3.05) is 5.32 Å². The average molecular weight is 435 g/mol. The van der Waals surface area contributed by atoms with Gasteiger partial charge in [-0.15, -0.1) is 0 Å². The van der Waals surface area contributed by atoms with Crippen molar-refractivity contribution in [1.29, 1.82) is 0 Å². The van der Waals surface area contributed by atoms with Gasteiger partial charge in [0.15, 0.2) is 6.10 Å². The number of carbonyl (C=O) groups is 1. The van der Waals surface area contributed by atoms with E-state index in [1.807, 2.05) is 0 Å². The van der Waals surface area contributed by atoms with Crippen LogP contribution in [0, 0.1) is 0 Å². The van der Waals surface area contributed by atoms with Crippen molar-refractivity contribution < 1.29 is 22.4 Å². The highest BCUT2D eigenvalue weighted by Gasteiger charge is 2.18. The summed E-state index contributed by atoms with van der Waals surface area (Å²) in [6.45, 7) is 1.64. The average Bonchev–Trinajstić information content (AvgIpc) is 3.22. The third-order valence-corrected chi connectivity index (χ3v) is 5.69. The number of hydrogen-bond donors (Lipinski definition) is 2. The molecule has 3 rings (SSSR count). The van der Waals surface area contributed by atoms with Gasteiger partial charge in [-0.3, -0.25) is 4.79 Å². The summed E-state index contributed by atoms with van der Waals surface area (Å²) in [5.74, 6) is 0.516. The number of hydrogen-bond acceptors (Lipinski definition) is 5. The lowest BCUT2D eigenvalue weighted by Gasteiger charge is -2.15. The minimum atomic E-state index is -3.71. The predicted molar refractivity (Wildman–Crippen MR) is 109 cm³/mol. The van der Waals surface area contributed by atoms with Crippen LogP contribution in [0.25, 0.3) is 0 Å². The Morgan fingerprint density at radius 2 is 1.83 bits per heavy atom. The molecule has 0 aliphatic heterocycles. The highest BCUT2D eigenvalue weighted by atomic mass is 35.5. The maximum atomic E-state index is 12.3. The summed E-state index contributed by atoms with van der Waals surface area (Å²) in [5.41, 5.74) is 0.439. The number of ether oxygens (including phenoxy) is 1. The van der Waals surface area contributed by atoms with Crippen molar-refractivity contribution in [2.45, 2.75) is 24.5 Å². The van der Waals surface area contributed by atoms with Crippen LogP contribution in [0.4, 0.5) is 5.69 Å². The Hall–Kier alpha value is -2.81. The van der Waals surface area contributed by atoms with Crippen molar-refractivity contribution in [3.05, 3.63) is 77.7 Å². The molecule has 0 saturated carbocycles. The van der Waals surface area contributed by atoms with Gasteiger partial charge in [-0.2, -0.15) is 0 Å². The molecule has 2 N–H and O–H groups in total. The summed E-state index contributed by atoms with van der Waals surface area (Å²) in [5, 5.41) is 3.08. The molecule has 29 heavy (non-hydrogen) atoms. The van der Waals surface area contributed by atoms with Gasteiger partial charge in [0, 0.05) is 5.69 Å². The van der Waals surface area contributed by atoms with Crippen LogP contribution in [0.15, 0.2) is 76.2 Å². The number of carbonyl (C=O) groups excluding carboxylic acids is 1. The normalized spacial score (nSPS) is 12.3. The van der Waals surface area contributed by atoms with Gasteiger partial charge in [-0.05, 0) is 55.5 Å². The highest BCUT2D eigenvalue weighted by molar-refractivity contribution is 7.89. The first-order valence-corrected chi connectivity index (χ1v) is 10.6. The lowest BCUT2D eigenvalue weighted by Crippen LogP contribution is -2.30. The van der Waals surface area contributed by atoms with E-state index >= 15 is 0 Å². The van der Waals surface area contributed by atoms with Gasteiger partial charge in [-0.25, -0.2) is 13.1 Å². The number of anilines is 1. The number of sulfonamides is 1. The zero-order chi connectivity index (χ0) is 20.9. The van der Waals surface area contributed by atoms with Gasteiger partial charge in [0.05, 0.1) is 22.7 Å². The van der Waals surface area contributed by atoms with Crippen molar-refractivity contribution in [3.8, 4) is 5.75 Å². The van der Waals surface area contributed by atoms with Crippen molar-refractivity contribution in [2.24, 2.45) is 0 Å². The van der Waals surface area contributed by atoms with E-state index in [9.17, 15) is 13.2 Å². The van der Waals surface area contributed by atoms with E-state index in [2.05, 4.69) is 10.0 Å². The fourth-order valence-electron chi connectivity index (χ4n) is 2.41. The molecular formula is C20H19ClN2O5S. The molecule has 0 bridgehead atoms. The maximum absolute atomic E-state index is 12.3. The van der Waals surface area contributed by atoms with Crippen molar-refractivity contribution in [3.63, 3.8) is 0 Å². The third kappa shape index (κ3) is 5.60. The Kier molecular flexibility index (Phi) is 6.58. The van der Waals surface area contributed by atoms with Gasteiger partial charge >= 0.3 is 0 Å².